The van der Waals surface area contributed by atoms with Crippen LogP contribution in [0, 0.1) is 5.82 Å². The first-order valence-electron chi connectivity index (χ1n) is 9.54. The fourth-order valence-corrected chi connectivity index (χ4v) is 4.18. The maximum Gasteiger partial charge on any atom is 0.244 e. The van der Waals surface area contributed by atoms with Crippen LogP contribution < -0.4 is 10.2 Å². The average Bonchev–Trinajstić information content (AvgIpc) is 2.97. The number of amides is 2. The van der Waals surface area contributed by atoms with E-state index in [2.05, 4.69) is 10.3 Å². The third kappa shape index (κ3) is 5.25. The molecular weight excluding hydrogens is 377 g/mol. The Kier molecular flexibility index (Phi) is 6.92. The number of carbonyl (C=O) groups excluding carboxylic acids is 2. The van der Waals surface area contributed by atoms with Gasteiger partial charge in [-0.05, 0) is 31.1 Å². The maximum atomic E-state index is 14.1. The zero-order valence-electron chi connectivity index (χ0n) is 15.9. The van der Waals surface area contributed by atoms with Crippen molar-refractivity contribution in [1.29, 1.82) is 0 Å². The largest absolute Gasteiger partial charge is 0.350 e. The molecule has 1 aromatic carbocycles. The lowest BCUT2D eigenvalue weighted by Crippen LogP contribution is -2.33. The lowest BCUT2D eigenvalue weighted by Gasteiger charge is -2.18. The number of benzene rings is 1. The SMILES string of the molecule is CC(=O)N(c1nc(/C=C/C(=O)NC2CCCCCC2)cs1)c1ccccc1F. The second-order valence-corrected chi connectivity index (χ2v) is 7.73. The Morgan fingerprint density at radius 3 is 2.61 bits per heavy atom. The predicted molar refractivity (Wildman–Crippen MR) is 110 cm³/mol. The minimum Gasteiger partial charge on any atom is -0.350 e. The number of carbonyl (C=O) groups is 2. The fraction of sp³-hybridized carbons (Fsp3) is 0.381. The maximum absolute atomic E-state index is 14.1. The van der Waals surface area contributed by atoms with Gasteiger partial charge in [0, 0.05) is 24.4 Å². The van der Waals surface area contributed by atoms with Crippen LogP contribution >= 0.6 is 11.3 Å². The molecule has 148 valence electrons. The quantitative estimate of drug-likeness (QED) is 0.577. The molecule has 2 aromatic rings. The topological polar surface area (TPSA) is 62.3 Å². The summed E-state index contributed by atoms with van der Waals surface area (Å²) in [5.74, 6) is -0.965. The molecule has 0 atom stereocenters. The van der Waals surface area contributed by atoms with E-state index in [0.717, 1.165) is 25.7 Å². The lowest BCUT2D eigenvalue weighted by molar-refractivity contribution is -0.117. The number of para-hydroxylation sites is 1. The molecule has 1 saturated carbocycles. The van der Waals surface area contributed by atoms with Crippen LogP contribution in [0.2, 0.25) is 0 Å². The number of hydrogen-bond acceptors (Lipinski definition) is 4. The molecule has 2 amide bonds. The summed E-state index contributed by atoms with van der Waals surface area (Å²) in [7, 11) is 0. The lowest BCUT2D eigenvalue weighted by atomic mass is 10.1. The Bertz CT molecular complexity index is 857. The Morgan fingerprint density at radius 2 is 1.93 bits per heavy atom. The molecule has 0 spiro atoms. The molecule has 0 aliphatic heterocycles. The molecule has 0 saturated heterocycles. The van der Waals surface area contributed by atoms with Crippen LogP contribution in [0.3, 0.4) is 0 Å². The molecule has 1 aliphatic rings. The molecule has 0 bridgehead atoms. The van der Waals surface area contributed by atoms with Crippen LogP contribution in [-0.4, -0.2) is 22.8 Å². The molecular formula is C21H24FN3O2S. The molecule has 28 heavy (non-hydrogen) atoms. The highest BCUT2D eigenvalue weighted by Crippen LogP contribution is 2.31. The van der Waals surface area contributed by atoms with Gasteiger partial charge in [0.05, 0.1) is 11.4 Å². The summed E-state index contributed by atoms with van der Waals surface area (Å²) in [5.41, 5.74) is 0.713. The molecule has 1 heterocycles. The number of anilines is 2. The second kappa shape index (κ2) is 9.59. The van der Waals surface area contributed by atoms with Gasteiger partial charge in [-0.25, -0.2) is 9.37 Å². The van der Waals surface area contributed by atoms with Gasteiger partial charge in [-0.15, -0.1) is 11.3 Å². The van der Waals surface area contributed by atoms with Crippen LogP contribution in [0.1, 0.15) is 51.1 Å². The number of hydrogen-bond donors (Lipinski definition) is 1. The van der Waals surface area contributed by atoms with Crippen molar-refractivity contribution in [2.45, 2.75) is 51.5 Å². The Hall–Kier alpha value is -2.54. The summed E-state index contributed by atoms with van der Waals surface area (Å²) in [6.45, 7) is 1.36. The summed E-state index contributed by atoms with van der Waals surface area (Å²) >= 11 is 1.22. The summed E-state index contributed by atoms with van der Waals surface area (Å²) in [6, 6.07) is 6.31. The number of aromatic nitrogens is 1. The van der Waals surface area contributed by atoms with Crippen molar-refractivity contribution < 1.29 is 14.0 Å². The van der Waals surface area contributed by atoms with Crippen LogP contribution in [0.5, 0.6) is 0 Å². The first-order chi connectivity index (χ1) is 13.5. The minimum absolute atomic E-state index is 0.140. The zero-order chi connectivity index (χ0) is 19.9. The molecule has 1 fully saturated rings. The molecule has 0 unspecified atom stereocenters. The van der Waals surface area contributed by atoms with E-state index < -0.39 is 5.82 Å². The summed E-state index contributed by atoms with van der Waals surface area (Å²) in [6.07, 6.45) is 9.91. The number of rotatable bonds is 5. The molecule has 3 rings (SSSR count). The normalized spacial score (nSPS) is 15.4. The van der Waals surface area contributed by atoms with Gasteiger partial charge in [-0.2, -0.15) is 0 Å². The Labute approximate surface area is 168 Å². The van der Waals surface area contributed by atoms with Gasteiger partial charge >= 0.3 is 0 Å². The van der Waals surface area contributed by atoms with Crippen molar-refractivity contribution in [3.8, 4) is 0 Å². The highest BCUT2D eigenvalue weighted by atomic mass is 32.1. The molecule has 1 aromatic heterocycles. The summed E-state index contributed by atoms with van der Waals surface area (Å²) < 4.78 is 14.1. The van der Waals surface area contributed by atoms with Gasteiger partial charge in [0.25, 0.3) is 0 Å². The van der Waals surface area contributed by atoms with Gasteiger partial charge < -0.3 is 5.32 Å². The van der Waals surface area contributed by atoms with Gasteiger partial charge in [0.1, 0.15) is 5.82 Å². The Balaban J connectivity index is 1.68. The van der Waals surface area contributed by atoms with Crippen molar-refractivity contribution in [1.82, 2.24) is 10.3 Å². The van der Waals surface area contributed by atoms with E-state index in [1.54, 1.807) is 23.6 Å². The van der Waals surface area contributed by atoms with E-state index in [1.165, 1.54) is 54.2 Å². The molecule has 1 aliphatic carbocycles. The van der Waals surface area contributed by atoms with Gasteiger partial charge in [0.2, 0.25) is 11.8 Å². The third-order valence-electron chi connectivity index (χ3n) is 4.72. The molecule has 7 heteroatoms. The van der Waals surface area contributed by atoms with Crippen molar-refractivity contribution in [2.75, 3.05) is 4.90 Å². The molecule has 0 radical (unpaired) electrons. The monoisotopic (exact) mass is 401 g/mol. The van der Waals surface area contributed by atoms with Crippen LogP contribution in [0.15, 0.2) is 35.7 Å². The van der Waals surface area contributed by atoms with Gasteiger partial charge in [0.15, 0.2) is 5.13 Å². The van der Waals surface area contributed by atoms with Crippen molar-refractivity contribution >= 4 is 40.0 Å². The first-order valence-corrected chi connectivity index (χ1v) is 10.4. The molecule has 5 nitrogen and oxygen atoms in total. The Morgan fingerprint density at radius 1 is 1.21 bits per heavy atom. The molecule has 1 N–H and O–H groups in total. The van der Waals surface area contributed by atoms with E-state index >= 15 is 0 Å². The summed E-state index contributed by atoms with van der Waals surface area (Å²) in [5, 5.41) is 5.15. The average molecular weight is 402 g/mol. The van der Waals surface area contributed by atoms with E-state index in [9.17, 15) is 14.0 Å². The standard InChI is InChI=1S/C21H24FN3O2S/c1-15(26)25(19-11-7-6-10-18(19)22)21-24-17(14-28-21)12-13-20(27)23-16-8-4-2-3-5-9-16/h6-7,10-14,16H,2-5,8-9H2,1H3,(H,23,27)/b13-12+. The van der Waals surface area contributed by atoms with Crippen LogP contribution in [-0.2, 0) is 9.59 Å². The van der Waals surface area contributed by atoms with Crippen molar-refractivity contribution in [3.05, 3.63) is 47.2 Å². The summed E-state index contributed by atoms with van der Waals surface area (Å²) in [4.78, 5) is 29.9. The third-order valence-corrected chi connectivity index (χ3v) is 5.56. The number of nitrogens with one attached hydrogen (secondary N) is 1. The highest BCUT2D eigenvalue weighted by Gasteiger charge is 2.20. The second-order valence-electron chi connectivity index (χ2n) is 6.89. The minimum atomic E-state index is -0.493. The van der Waals surface area contributed by atoms with Gasteiger partial charge in [-0.3, -0.25) is 14.5 Å². The van der Waals surface area contributed by atoms with E-state index in [1.807, 2.05) is 0 Å². The van der Waals surface area contributed by atoms with Crippen LogP contribution in [0.4, 0.5) is 15.2 Å². The highest BCUT2D eigenvalue weighted by molar-refractivity contribution is 7.14. The van der Waals surface area contributed by atoms with E-state index in [-0.39, 0.29) is 23.5 Å². The fourth-order valence-electron chi connectivity index (χ4n) is 3.33. The zero-order valence-corrected chi connectivity index (χ0v) is 16.7. The predicted octanol–water partition coefficient (Wildman–Crippen LogP) is 4.82. The first kappa shape index (κ1) is 20.2. The number of nitrogens with zero attached hydrogens (tertiary/aromatic N) is 2. The van der Waals surface area contributed by atoms with Crippen LogP contribution in [0.25, 0.3) is 6.08 Å². The van der Waals surface area contributed by atoms with Crippen molar-refractivity contribution in [2.24, 2.45) is 0 Å². The van der Waals surface area contributed by atoms with Gasteiger partial charge in [-0.1, -0.05) is 37.8 Å². The van der Waals surface area contributed by atoms with E-state index in [4.69, 9.17) is 0 Å². The smallest absolute Gasteiger partial charge is 0.244 e. The van der Waals surface area contributed by atoms with E-state index in [0.29, 0.717) is 10.8 Å². The number of halogens is 1. The number of thiazole rings is 1. The van der Waals surface area contributed by atoms with Crippen molar-refractivity contribution in [3.63, 3.8) is 0 Å².